The van der Waals surface area contributed by atoms with Crippen LogP contribution in [0.5, 0.6) is 0 Å². The zero-order valence-electron chi connectivity index (χ0n) is 11.1. The predicted octanol–water partition coefficient (Wildman–Crippen LogP) is 2.20. The van der Waals surface area contributed by atoms with Gasteiger partial charge in [0.25, 0.3) is 0 Å². The average Bonchev–Trinajstić information content (AvgIpc) is 2.89. The first-order valence-corrected chi connectivity index (χ1v) is 7.40. The van der Waals surface area contributed by atoms with Crippen LogP contribution in [-0.2, 0) is 17.8 Å². The van der Waals surface area contributed by atoms with E-state index in [1.54, 1.807) is 0 Å². The maximum Gasteiger partial charge on any atom is 0.226 e. The molecular weight excluding hydrogens is 236 g/mol. The van der Waals surface area contributed by atoms with Crippen LogP contribution in [0.4, 0.5) is 5.69 Å². The summed E-state index contributed by atoms with van der Waals surface area (Å²) in [5.41, 5.74) is 9.25. The molecular formula is C16H20N2O. The van der Waals surface area contributed by atoms with Crippen molar-refractivity contribution in [3.63, 3.8) is 0 Å². The number of benzene rings is 1. The number of nitrogens with zero attached hydrogens (tertiary/aromatic N) is 1. The minimum atomic E-state index is 0.358. The number of hydrogen-bond acceptors (Lipinski definition) is 2. The van der Waals surface area contributed by atoms with E-state index in [2.05, 4.69) is 11.0 Å². The fraction of sp³-hybridized carbons (Fsp3) is 0.562. The van der Waals surface area contributed by atoms with Crippen LogP contribution in [0, 0.1) is 17.8 Å². The summed E-state index contributed by atoms with van der Waals surface area (Å²) in [6.45, 7) is 1.64. The Bertz CT molecular complexity index is 530. The summed E-state index contributed by atoms with van der Waals surface area (Å²) in [6.07, 6.45) is 4.86. The molecule has 2 fully saturated rings. The number of amides is 1. The molecule has 3 aliphatic rings. The Hall–Kier alpha value is -1.51. The van der Waals surface area contributed by atoms with Crippen LogP contribution in [0.1, 0.15) is 30.4 Å². The molecule has 0 aromatic heterocycles. The van der Waals surface area contributed by atoms with Gasteiger partial charge in [-0.05, 0) is 54.4 Å². The number of anilines is 1. The lowest BCUT2D eigenvalue weighted by Gasteiger charge is -2.29. The molecule has 19 heavy (non-hydrogen) atoms. The Morgan fingerprint density at radius 2 is 2.00 bits per heavy atom. The molecule has 0 spiro atoms. The van der Waals surface area contributed by atoms with E-state index in [1.165, 1.54) is 30.4 Å². The van der Waals surface area contributed by atoms with Crippen molar-refractivity contribution in [2.24, 2.45) is 17.8 Å². The van der Waals surface area contributed by atoms with Gasteiger partial charge in [0.15, 0.2) is 0 Å². The number of nitrogens with two attached hydrogens (primary N) is 1. The van der Waals surface area contributed by atoms with Gasteiger partial charge in [-0.3, -0.25) is 4.79 Å². The molecule has 2 N–H and O–H groups in total. The van der Waals surface area contributed by atoms with E-state index in [9.17, 15) is 4.79 Å². The summed E-state index contributed by atoms with van der Waals surface area (Å²) in [5.74, 6) is 2.20. The highest BCUT2D eigenvalue weighted by Crippen LogP contribution is 2.58. The highest BCUT2D eigenvalue weighted by atomic mass is 16.2. The van der Waals surface area contributed by atoms with Gasteiger partial charge < -0.3 is 10.6 Å². The molecule has 1 heterocycles. The van der Waals surface area contributed by atoms with Crippen molar-refractivity contribution in [2.75, 3.05) is 12.3 Å². The summed E-state index contributed by atoms with van der Waals surface area (Å²) in [5, 5.41) is 0. The first-order chi connectivity index (χ1) is 9.24. The molecule has 3 nitrogen and oxygen atoms in total. The zero-order chi connectivity index (χ0) is 13.0. The number of carbonyl (C=O) groups excluding carboxylic acids is 1. The van der Waals surface area contributed by atoms with Gasteiger partial charge in [-0.15, -0.1) is 0 Å². The van der Waals surface area contributed by atoms with Gasteiger partial charge in [0.1, 0.15) is 0 Å². The molecule has 2 aliphatic carbocycles. The highest BCUT2D eigenvalue weighted by molar-refractivity contribution is 5.83. The lowest BCUT2D eigenvalue weighted by Crippen LogP contribution is -2.37. The zero-order valence-corrected chi connectivity index (χ0v) is 11.1. The topological polar surface area (TPSA) is 46.3 Å². The first-order valence-electron chi connectivity index (χ1n) is 7.40. The van der Waals surface area contributed by atoms with E-state index < -0.39 is 0 Å². The van der Waals surface area contributed by atoms with Crippen molar-refractivity contribution in [2.45, 2.75) is 32.2 Å². The lowest BCUT2D eigenvalue weighted by molar-refractivity contribution is -0.134. The lowest BCUT2D eigenvalue weighted by atomic mass is 9.98. The third-order valence-electron chi connectivity index (χ3n) is 5.25. The summed E-state index contributed by atoms with van der Waals surface area (Å²) < 4.78 is 0. The van der Waals surface area contributed by atoms with Gasteiger partial charge in [0.2, 0.25) is 5.91 Å². The number of nitrogen functional groups attached to an aromatic ring is 1. The van der Waals surface area contributed by atoms with Crippen LogP contribution in [0.15, 0.2) is 18.2 Å². The Morgan fingerprint density at radius 1 is 1.21 bits per heavy atom. The largest absolute Gasteiger partial charge is 0.399 e. The van der Waals surface area contributed by atoms with Gasteiger partial charge in [0.05, 0.1) is 0 Å². The van der Waals surface area contributed by atoms with Crippen molar-refractivity contribution < 1.29 is 4.79 Å². The summed E-state index contributed by atoms with van der Waals surface area (Å²) in [4.78, 5) is 14.6. The van der Waals surface area contributed by atoms with E-state index in [0.717, 1.165) is 37.0 Å². The molecule has 2 atom stereocenters. The van der Waals surface area contributed by atoms with Gasteiger partial charge in [-0.25, -0.2) is 0 Å². The first kappa shape index (κ1) is 11.3. The van der Waals surface area contributed by atoms with E-state index in [4.69, 9.17) is 5.73 Å². The molecule has 100 valence electrons. The third-order valence-corrected chi connectivity index (χ3v) is 5.25. The summed E-state index contributed by atoms with van der Waals surface area (Å²) in [6, 6.07) is 6.10. The minimum absolute atomic E-state index is 0.358. The molecule has 2 unspecified atom stereocenters. The Morgan fingerprint density at radius 3 is 2.79 bits per heavy atom. The van der Waals surface area contributed by atoms with Crippen LogP contribution in [0.2, 0.25) is 0 Å². The fourth-order valence-electron chi connectivity index (χ4n) is 4.16. The Labute approximate surface area is 113 Å². The number of rotatable bonds is 1. The monoisotopic (exact) mass is 256 g/mol. The van der Waals surface area contributed by atoms with E-state index >= 15 is 0 Å². The smallest absolute Gasteiger partial charge is 0.226 e. The SMILES string of the molecule is Nc1ccc2c(c1)CN(C(=O)C1C3CCCC31)CC2. The fourth-order valence-corrected chi connectivity index (χ4v) is 4.16. The van der Waals surface area contributed by atoms with Crippen LogP contribution < -0.4 is 5.73 Å². The molecule has 1 aromatic rings. The quantitative estimate of drug-likeness (QED) is 0.783. The van der Waals surface area contributed by atoms with E-state index in [0.29, 0.717) is 11.8 Å². The summed E-state index contributed by atoms with van der Waals surface area (Å²) in [7, 11) is 0. The third kappa shape index (κ3) is 1.75. The molecule has 0 radical (unpaired) electrons. The second kappa shape index (κ2) is 3.99. The van der Waals surface area contributed by atoms with Crippen molar-refractivity contribution in [1.29, 1.82) is 0 Å². The number of hydrogen-bond donors (Lipinski definition) is 1. The molecule has 2 saturated carbocycles. The van der Waals surface area contributed by atoms with Gasteiger partial charge in [-0.1, -0.05) is 12.5 Å². The highest BCUT2D eigenvalue weighted by Gasteiger charge is 2.57. The maximum absolute atomic E-state index is 12.6. The van der Waals surface area contributed by atoms with Crippen molar-refractivity contribution in [3.05, 3.63) is 29.3 Å². The molecule has 0 bridgehead atoms. The predicted molar refractivity (Wildman–Crippen MR) is 74.3 cm³/mol. The van der Waals surface area contributed by atoms with Crippen LogP contribution in [-0.4, -0.2) is 17.4 Å². The minimum Gasteiger partial charge on any atom is -0.399 e. The van der Waals surface area contributed by atoms with Gasteiger partial charge in [-0.2, -0.15) is 0 Å². The van der Waals surface area contributed by atoms with E-state index in [-0.39, 0.29) is 0 Å². The second-order valence-electron chi connectivity index (χ2n) is 6.32. The van der Waals surface area contributed by atoms with Crippen LogP contribution in [0.25, 0.3) is 0 Å². The Kier molecular flexibility index (Phi) is 2.38. The second-order valence-corrected chi connectivity index (χ2v) is 6.32. The van der Waals surface area contributed by atoms with Crippen molar-refractivity contribution >= 4 is 11.6 Å². The normalized spacial score (nSPS) is 31.8. The molecule has 1 amide bonds. The van der Waals surface area contributed by atoms with E-state index in [1.807, 2.05) is 12.1 Å². The standard InChI is InChI=1S/C16H20N2O/c17-12-5-4-10-6-7-18(9-11(10)8-12)16(19)15-13-2-1-3-14(13)15/h4-5,8,13-15H,1-3,6-7,9,17H2. The van der Waals surface area contributed by atoms with Gasteiger partial charge in [0, 0.05) is 24.7 Å². The maximum atomic E-state index is 12.6. The van der Waals surface area contributed by atoms with Crippen molar-refractivity contribution in [1.82, 2.24) is 4.90 Å². The number of fused-ring (bicyclic) bond motifs is 2. The molecule has 0 saturated heterocycles. The molecule has 1 aliphatic heterocycles. The van der Waals surface area contributed by atoms with Crippen LogP contribution >= 0.6 is 0 Å². The molecule has 3 heteroatoms. The molecule has 1 aromatic carbocycles. The Balaban J connectivity index is 1.51. The van der Waals surface area contributed by atoms with Crippen molar-refractivity contribution in [3.8, 4) is 0 Å². The van der Waals surface area contributed by atoms with Gasteiger partial charge >= 0.3 is 0 Å². The number of carbonyl (C=O) groups is 1. The average molecular weight is 256 g/mol. The van der Waals surface area contributed by atoms with Crippen LogP contribution in [0.3, 0.4) is 0 Å². The molecule has 4 rings (SSSR count). The summed E-state index contributed by atoms with van der Waals surface area (Å²) >= 11 is 0.